The molecule has 2 heterocycles. The molecule has 0 bridgehead atoms. The first-order valence-electron chi connectivity index (χ1n) is 5.64. The first-order valence-corrected chi connectivity index (χ1v) is 7.88. The highest BCUT2D eigenvalue weighted by Gasteiger charge is 2.06. The normalized spacial score (nSPS) is 11.1. The van der Waals surface area contributed by atoms with Gasteiger partial charge in [-0.3, -0.25) is 4.79 Å². The summed E-state index contributed by atoms with van der Waals surface area (Å²) in [5, 5.41) is 4.45. The van der Waals surface area contributed by atoms with Gasteiger partial charge in [-0.25, -0.2) is 4.98 Å². The summed E-state index contributed by atoms with van der Waals surface area (Å²) in [5.41, 5.74) is 8.37. The predicted octanol–water partition coefficient (Wildman–Crippen LogP) is 2.68. The van der Waals surface area contributed by atoms with Crippen molar-refractivity contribution >= 4 is 45.3 Å². The van der Waals surface area contributed by atoms with Crippen molar-refractivity contribution in [1.29, 1.82) is 0 Å². The maximum Gasteiger partial charge on any atom is 0.275 e. The molecule has 8 heteroatoms. The van der Waals surface area contributed by atoms with Crippen molar-refractivity contribution in [1.82, 2.24) is 14.6 Å². The summed E-state index contributed by atoms with van der Waals surface area (Å²) >= 11 is 8.86. The molecule has 3 rings (SSSR count). The van der Waals surface area contributed by atoms with E-state index in [9.17, 15) is 4.79 Å². The van der Waals surface area contributed by atoms with Crippen LogP contribution in [0.2, 0.25) is 5.02 Å². The fourth-order valence-electron chi connectivity index (χ4n) is 1.63. The van der Waals surface area contributed by atoms with E-state index in [1.807, 2.05) is 6.07 Å². The molecule has 0 unspecified atom stereocenters. The lowest BCUT2D eigenvalue weighted by atomic mass is 10.3. The largest absolute Gasteiger partial charge is 0.398 e. The molecular weight excluding hydrogens is 316 g/mol. The number of fused-ring (bicyclic) bond motifs is 1. The molecule has 20 heavy (non-hydrogen) atoms. The molecule has 0 atom stereocenters. The Kier molecular flexibility index (Phi) is 3.64. The minimum absolute atomic E-state index is 0.165. The SMILES string of the molecule is Nc1ccc(SCc2cc(=O)n3ncsc3n2)cc1Cl. The van der Waals surface area contributed by atoms with E-state index in [-0.39, 0.29) is 5.56 Å². The summed E-state index contributed by atoms with van der Waals surface area (Å²) in [5.74, 6) is 0.587. The number of anilines is 1. The van der Waals surface area contributed by atoms with Crippen molar-refractivity contribution in [3.05, 3.63) is 50.8 Å². The van der Waals surface area contributed by atoms with E-state index >= 15 is 0 Å². The van der Waals surface area contributed by atoms with Gasteiger partial charge in [0.1, 0.15) is 5.51 Å². The topological polar surface area (TPSA) is 73.3 Å². The minimum atomic E-state index is -0.165. The molecule has 3 aromatic rings. The lowest BCUT2D eigenvalue weighted by Crippen LogP contribution is -2.14. The number of nitrogens with two attached hydrogens (primary N) is 1. The molecule has 5 nitrogen and oxygen atoms in total. The Labute approximate surface area is 127 Å². The lowest BCUT2D eigenvalue weighted by Gasteiger charge is -2.03. The maximum atomic E-state index is 11.8. The number of halogens is 1. The second kappa shape index (κ2) is 5.43. The summed E-state index contributed by atoms with van der Waals surface area (Å²) in [6.45, 7) is 0. The van der Waals surface area contributed by atoms with Gasteiger partial charge < -0.3 is 5.73 Å². The molecular formula is C12H9ClN4OS2. The second-order valence-corrected chi connectivity index (χ2v) is 6.26. The molecule has 2 aromatic heterocycles. The maximum absolute atomic E-state index is 11.8. The number of nitrogen functional groups attached to an aromatic ring is 1. The van der Waals surface area contributed by atoms with Crippen LogP contribution in [0.4, 0.5) is 5.69 Å². The van der Waals surface area contributed by atoms with Crippen LogP contribution in [0.1, 0.15) is 5.69 Å². The third-order valence-electron chi connectivity index (χ3n) is 2.60. The Hall–Kier alpha value is -1.57. The van der Waals surface area contributed by atoms with Gasteiger partial charge in [0, 0.05) is 16.7 Å². The van der Waals surface area contributed by atoms with E-state index < -0.39 is 0 Å². The van der Waals surface area contributed by atoms with Crippen LogP contribution in [0.25, 0.3) is 4.96 Å². The van der Waals surface area contributed by atoms with Gasteiger partial charge in [-0.2, -0.15) is 9.61 Å². The van der Waals surface area contributed by atoms with E-state index in [4.69, 9.17) is 17.3 Å². The molecule has 1 aromatic carbocycles. The molecule has 102 valence electrons. The highest BCUT2D eigenvalue weighted by atomic mass is 35.5. The molecule has 0 amide bonds. The van der Waals surface area contributed by atoms with Gasteiger partial charge in [-0.1, -0.05) is 22.9 Å². The zero-order chi connectivity index (χ0) is 14.1. The van der Waals surface area contributed by atoms with Crippen LogP contribution in [-0.4, -0.2) is 14.6 Å². The zero-order valence-electron chi connectivity index (χ0n) is 10.1. The zero-order valence-corrected chi connectivity index (χ0v) is 12.5. The molecule has 0 aliphatic heterocycles. The molecule has 0 radical (unpaired) electrons. The number of benzene rings is 1. The third-order valence-corrected chi connectivity index (χ3v) is 4.63. The van der Waals surface area contributed by atoms with E-state index in [2.05, 4.69) is 10.1 Å². The van der Waals surface area contributed by atoms with Crippen LogP contribution < -0.4 is 11.3 Å². The van der Waals surface area contributed by atoms with Crippen LogP contribution in [0, 0.1) is 0 Å². The Bertz CT molecular complexity index is 830. The molecule has 2 N–H and O–H groups in total. The Morgan fingerprint density at radius 3 is 3.05 bits per heavy atom. The third kappa shape index (κ3) is 2.65. The van der Waals surface area contributed by atoms with E-state index in [1.165, 1.54) is 21.9 Å². The fraction of sp³-hybridized carbons (Fsp3) is 0.0833. The quantitative estimate of drug-likeness (QED) is 0.592. The van der Waals surface area contributed by atoms with Crippen LogP contribution in [-0.2, 0) is 5.75 Å². The van der Waals surface area contributed by atoms with Crippen molar-refractivity contribution in [2.75, 3.05) is 5.73 Å². The summed E-state index contributed by atoms with van der Waals surface area (Å²) in [4.78, 5) is 17.8. The monoisotopic (exact) mass is 324 g/mol. The smallest absolute Gasteiger partial charge is 0.275 e. The van der Waals surface area contributed by atoms with Crippen LogP contribution >= 0.6 is 34.7 Å². The van der Waals surface area contributed by atoms with Gasteiger partial charge in [0.15, 0.2) is 0 Å². The Balaban J connectivity index is 1.82. The molecule has 0 fully saturated rings. The standard InChI is InChI=1S/C12H9ClN4OS2/c13-9-4-8(1-2-10(9)14)19-5-7-3-11(18)17-12(16-7)20-6-15-17/h1-4,6H,5,14H2. The molecule has 0 spiro atoms. The lowest BCUT2D eigenvalue weighted by molar-refractivity contribution is 0.888. The van der Waals surface area contributed by atoms with E-state index in [1.54, 1.807) is 29.4 Å². The van der Waals surface area contributed by atoms with Crippen molar-refractivity contribution in [3.8, 4) is 0 Å². The number of hydrogen-bond donors (Lipinski definition) is 1. The van der Waals surface area contributed by atoms with Gasteiger partial charge in [-0.15, -0.1) is 11.8 Å². The summed E-state index contributed by atoms with van der Waals surface area (Å²) in [6, 6.07) is 6.96. The molecule has 0 aliphatic carbocycles. The van der Waals surface area contributed by atoms with Crippen LogP contribution in [0.15, 0.2) is 39.5 Å². The first kappa shape index (κ1) is 13.4. The predicted molar refractivity (Wildman–Crippen MR) is 82.6 cm³/mol. The Morgan fingerprint density at radius 2 is 2.25 bits per heavy atom. The average molecular weight is 325 g/mol. The Morgan fingerprint density at radius 1 is 1.40 bits per heavy atom. The fourth-order valence-corrected chi connectivity index (χ4v) is 3.35. The second-order valence-electron chi connectivity index (χ2n) is 3.99. The van der Waals surface area contributed by atoms with Gasteiger partial charge in [0.2, 0.25) is 4.96 Å². The van der Waals surface area contributed by atoms with Crippen molar-refractivity contribution in [3.63, 3.8) is 0 Å². The van der Waals surface area contributed by atoms with Crippen LogP contribution in [0.5, 0.6) is 0 Å². The van der Waals surface area contributed by atoms with Gasteiger partial charge in [0.05, 0.1) is 16.4 Å². The van der Waals surface area contributed by atoms with Crippen LogP contribution in [0.3, 0.4) is 0 Å². The summed E-state index contributed by atoms with van der Waals surface area (Å²) in [6.07, 6.45) is 0. The highest BCUT2D eigenvalue weighted by Crippen LogP contribution is 2.28. The molecule has 0 saturated heterocycles. The highest BCUT2D eigenvalue weighted by molar-refractivity contribution is 7.98. The molecule has 0 aliphatic rings. The number of nitrogens with zero attached hydrogens (tertiary/aromatic N) is 3. The number of rotatable bonds is 3. The van der Waals surface area contributed by atoms with Crippen molar-refractivity contribution in [2.24, 2.45) is 0 Å². The molecule has 0 saturated carbocycles. The van der Waals surface area contributed by atoms with Gasteiger partial charge in [-0.05, 0) is 18.2 Å². The number of aromatic nitrogens is 3. The van der Waals surface area contributed by atoms with Gasteiger partial charge >= 0.3 is 0 Å². The van der Waals surface area contributed by atoms with E-state index in [0.717, 1.165) is 10.6 Å². The first-order chi connectivity index (χ1) is 9.63. The number of hydrogen-bond acceptors (Lipinski definition) is 6. The van der Waals surface area contributed by atoms with Gasteiger partial charge in [0.25, 0.3) is 5.56 Å². The van der Waals surface area contributed by atoms with Crippen molar-refractivity contribution in [2.45, 2.75) is 10.6 Å². The van der Waals surface area contributed by atoms with Crippen molar-refractivity contribution < 1.29 is 0 Å². The summed E-state index contributed by atoms with van der Waals surface area (Å²) < 4.78 is 1.29. The summed E-state index contributed by atoms with van der Waals surface area (Å²) in [7, 11) is 0. The van der Waals surface area contributed by atoms with E-state index in [0.29, 0.717) is 21.4 Å². The minimum Gasteiger partial charge on any atom is -0.398 e. The number of thioether (sulfide) groups is 1. The average Bonchev–Trinajstić information content (AvgIpc) is 2.89.